The highest BCUT2D eigenvalue weighted by molar-refractivity contribution is 4.85. The molecule has 1 atom stereocenters. The molecule has 1 aliphatic heterocycles. The molecule has 100 valence electrons. The van der Waals surface area contributed by atoms with Crippen LogP contribution in [0, 0.1) is 11.3 Å². The van der Waals surface area contributed by atoms with Crippen molar-refractivity contribution in [3.05, 3.63) is 0 Å². The third-order valence-electron chi connectivity index (χ3n) is 4.85. The Balaban J connectivity index is 1.75. The summed E-state index contributed by atoms with van der Waals surface area (Å²) in [6.07, 6.45) is 9.98. The summed E-state index contributed by atoms with van der Waals surface area (Å²) < 4.78 is 0. The topological polar surface area (TPSA) is 24.1 Å². The van der Waals surface area contributed by atoms with Crippen LogP contribution in [-0.4, -0.2) is 25.7 Å². The summed E-state index contributed by atoms with van der Waals surface area (Å²) in [6, 6.07) is 0.714. The van der Waals surface area contributed by atoms with Crippen LogP contribution in [0.25, 0.3) is 0 Å². The average molecular weight is 238 g/mol. The van der Waals surface area contributed by atoms with Gasteiger partial charge in [-0.2, -0.15) is 0 Å². The van der Waals surface area contributed by atoms with Crippen LogP contribution < -0.4 is 10.6 Å². The molecule has 1 saturated heterocycles. The monoisotopic (exact) mass is 238 g/mol. The molecule has 0 aromatic heterocycles. The molecule has 2 aliphatic rings. The molecule has 1 aliphatic carbocycles. The first-order chi connectivity index (χ1) is 8.18. The zero-order valence-electron chi connectivity index (χ0n) is 11.7. The highest BCUT2D eigenvalue weighted by Gasteiger charge is 2.30. The lowest BCUT2D eigenvalue weighted by Crippen LogP contribution is -2.47. The summed E-state index contributed by atoms with van der Waals surface area (Å²) >= 11 is 0. The zero-order chi connectivity index (χ0) is 12.1. The Kier molecular flexibility index (Phi) is 4.87. The van der Waals surface area contributed by atoms with Crippen molar-refractivity contribution in [1.29, 1.82) is 0 Å². The minimum Gasteiger partial charge on any atom is -0.315 e. The number of nitrogens with one attached hydrogen (secondary N) is 2. The molecule has 0 aromatic rings. The van der Waals surface area contributed by atoms with E-state index in [9.17, 15) is 0 Å². The standard InChI is InChI=1S/C15H30N2/c1-15(2,13-7-4-3-5-8-13)12-17-14-9-6-10-16-11-14/h13-14,16-17H,3-12H2,1-2H3. The first-order valence-corrected chi connectivity index (χ1v) is 7.62. The van der Waals surface area contributed by atoms with Crippen LogP contribution >= 0.6 is 0 Å². The van der Waals surface area contributed by atoms with E-state index in [0.717, 1.165) is 5.92 Å². The molecule has 2 rings (SSSR count). The van der Waals surface area contributed by atoms with Crippen molar-refractivity contribution in [2.75, 3.05) is 19.6 Å². The fourth-order valence-corrected chi connectivity index (χ4v) is 3.46. The lowest BCUT2D eigenvalue weighted by atomic mass is 9.71. The van der Waals surface area contributed by atoms with Gasteiger partial charge >= 0.3 is 0 Å². The Morgan fingerprint density at radius 3 is 2.47 bits per heavy atom. The van der Waals surface area contributed by atoms with Crippen LogP contribution in [-0.2, 0) is 0 Å². The summed E-state index contributed by atoms with van der Waals surface area (Å²) in [6.45, 7) is 8.51. The van der Waals surface area contributed by atoms with Gasteiger partial charge in [-0.05, 0) is 43.6 Å². The van der Waals surface area contributed by atoms with E-state index >= 15 is 0 Å². The van der Waals surface area contributed by atoms with Crippen LogP contribution in [0.15, 0.2) is 0 Å². The molecule has 0 amide bonds. The molecule has 1 heterocycles. The highest BCUT2D eigenvalue weighted by atomic mass is 15.0. The molecule has 2 nitrogen and oxygen atoms in total. The van der Waals surface area contributed by atoms with Crippen molar-refractivity contribution in [3.63, 3.8) is 0 Å². The van der Waals surface area contributed by atoms with Crippen molar-refractivity contribution >= 4 is 0 Å². The van der Waals surface area contributed by atoms with Crippen molar-refractivity contribution < 1.29 is 0 Å². The van der Waals surface area contributed by atoms with Gasteiger partial charge in [-0.3, -0.25) is 0 Å². The zero-order valence-corrected chi connectivity index (χ0v) is 11.7. The quantitative estimate of drug-likeness (QED) is 0.787. The van der Waals surface area contributed by atoms with E-state index in [4.69, 9.17) is 0 Å². The Bertz CT molecular complexity index is 213. The lowest BCUT2D eigenvalue weighted by Gasteiger charge is -2.39. The first kappa shape index (κ1) is 13.4. The predicted octanol–water partition coefficient (Wildman–Crippen LogP) is 2.93. The maximum atomic E-state index is 3.80. The lowest BCUT2D eigenvalue weighted by molar-refractivity contribution is 0.147. The smallest absolute Gasteiger partial charge is 0.0193 e. The molecule has 0 radical (unpaired) electrons. The maximum Gasteiger partial charge on any atom is 0.0193 e. The number of piperidine rings is 1. The van der Waals surface area contributed by atoms with Gasteiger partial charge in [0.05, 0.1) is 0 Å². The second-order valence-corrected chi connectivity index (χ2v) is 6.75. The normalized spacial score (nSPS) is 28.2. The van der Waals surface area contributed by atoms with E-state index in [1.165, 1.54) is 64.6 Å². The second-order valence-electron chi connectivity index (χ2n) is 6.75. The van der Waals surface area contributed by atoms with Gasteiger partial charge in [-0.1, -0.05) is 33.1 Å². The van der Waals surface area contributed by atoms with Crippen molar-refractivity contribution in [2.45, 2.75) is 64.8 Å². The summed E-state index contributed by atoms with van der Waals surface area (Å²) in [5.74, 6) is 0.945. The minimum atomic E-state index is 0.484. The Morgan fingerprint density at radius 1 is 1.06 bits per heavy atom. The second kappa shape index (κ2) is 6.19. The van der Waals surface area contributed by atoms with Crippen LogP contribution in [0.1, 0.15) is 58.8 Å². The van der Waals surface area contributed by atoms with Gasteiger partial charge in [0.2, 0.25) is 0 Å². The molecule has 0 aromatic carbocycles. The largest absolute Gasteiger partial charge is 0.315 e. The molecule has 2 fully saturated rings. The predicted molar refractivity (Wildman–Crippen MR) is 74.3 cm³/mol. The molecular formula is C15H30N2. The number of hydrogen-bond acceptors (Lipinski definition) is 2. The van der Waals surface area contributed by atoms with Crippen molar-refractivity contribution in [1.82, 2.24) is 10.6 Å². The average Bonchev–Trinajstić information content (AvgIpc) is 2.39. The summed E-state index contributed by atoms with van der Waals surface area (Å²) in [7, 11) is 0. The first-order valence-electron chi connectivity index (χ1n) is 7.62. The molecule has 2 N–H and O–H groups in total. The van der Waals surface area contributed by atoms with Gasteiger partial charge in [0.1, 0.15) is 0 Å². The SMILES string of the molecule is CC(C)(CNC1CCCNC1)C1CCCCC1. The maximum absolute atomic E-state index is 3.80. The van der Waals surface area contributed by atoms with Gasteiger partial charge in [-0.25, -0.2) is 0 Å². The molecule has 0 spiro atoms. The molecule has 17 heavy (non-hydrogen) atoms. The fourth-order valence-electron chi connectivity index (χ4n) is 3.46. The third kappa shape index (κ3) is 3.96. The Morgan fingerprint density at radius 2 is 1.82 bits per heavy atom. The van der Waals surface area contributed by atoms with Gasteiger partial charge in [0.25, 0.3) is 0 Å². The molecule has 1 unspecified atom stereocenters. The van der Waals surface area contributed by atoms with E-state index in [-0.39, 0.29) is 0 Å². The van der Waals surface area contributed by atoms with E-state index < -0.39 is 0 Å². The van der Waals surface area contributed by atoms with E-state index in [0.29, 0.717) is 11.5 Å². The van der Waals surface area contributed by atoms with Crippen LogP contribution in [0.3, 0.4) is 0 Å². The van der Waals surface area contributed by atoms with Crippen molar-refractivity contribution in [3.8, 4) is 0 Å². The Labute approximate surface area is 107 Å². The summed E-state index contributed by atoms with van der Waals surface area (Å²) in [5.41, 5.74) is 0.484. The summed E-state index contributed by atoms with van der Waals surface area (Å²) in [5, 5.41) is 7.28. The van der Waals surface area contributed by atoms with Gasteiger partial charge in [0.15, 0.2) is 0 Å². The summed E-state index contributed by atoms with van der Waals surface area (Å²) in [4.78, 5) is 0. The third-order valence-corrected chi connectivity index (χ3v) is 4.85. The van der Waals surface area contributed by atoms with Crippen LogP contribution in [0.5, 0.6) is 0 Å². The highest BCUT2D eigenvalue weighted by Crippen LogP contribution is 2.37. The molecule has 2 heteroatoms. The van der Waals surface area contributed by atoms with Crippen LogP contribution in [0.4, 0.5) is 0 Å². The van der Waals surface area contributed by atoms with E-state index in [1.54, 1.807) is 0 Å². The molecule has 0 bridgehead atoms. The van der Waals surface area contributed by atoms with Gasteiger partial charge < -0.3 is 10.6 Å². The number of hydrogen-bond donors (Lipinski definition) is 2. The van der Waals surface area contributed by atoms with Crippen molar-refractivity contribution in [2.24, 2.45) is 11.3 Å². The number of rotatable bonds is 4. The van der Waals surface area contributed by atoms with Gasteiger partial charge in [0, 0.05) is 19.1 Å². The van der Waals surface area contributed by atoms with E-state index in [1.807, 2.05) is 0 Å². The fraction of sp³-hybridized carbons (Fsp3) is 1.00. The van der Waals surface area contributed by atoms with Crippen LogP contribution in [0.2, 0.25) is 0 Å². The molecule has 1 saturated carbocycles. The minimum absolute atomic E-state index is 0.484. The van der Waals surface area contributed by atoms with Gasteiger partial charge in [-0.15, -0.1) is 0 Å². The Hall–Kier alpha value is -0.0800. The molecular weight excluding hydrogens is 208 g/mol. The van der Waals surface area contributed by atoms with E-state index in [2.05, 4.69) is 24.5 Å².